The summed E-state index contributed by atoms with van der Waals surface area (Å²) in [5, 5.41) is 0. The van der Waals surface area contributed by atoms with Crippen molar-refractivity contribution in [2.24, 2.45) is 5.92 Å². The SMILES string of the molecule is COc1ccc2c(c1)CC(F)(CC1CCN(Cc3ccccc3)CC1)C2=O. The van der Waals surface area contributed by atoms with Gasteiger partial charge in [0.1, 0.15) is 5.75 Å². The number of hydrogen-bond acceptors (Lipinski definition) is 3. The number of nitrogens with zero attached hydrogens (tertiary/aromatic N) is 1. The van der Waals surface area contributed by atoms with Crippen LogP contribution in [-0.4, -0.2) is 36.6 Å². The number of ketones is 1. The highest BCUT2D eigenvalue weighted by molar-refractivity contribution is 6.07. The first-order valence-corrected chi connectivity index (χ1v) is 9.74. The molecule has 2 aromatic rings. The number of piperidine rings is 1. The number of rotatable bonds is 5. The first kappa shape index (κ1) is 18.2. The zero-order chi connectivity index (χ0) is 18.9. The van der Waals surface area contributed by atoms with Crippen LogP contribution >= 0.6 is 0 Å². The van der Waals surface area contributed by atoms with Gasteiger partial charge in [-0.15, -0.1) is 0 Å². The first-order chi connectivity index (χ1) is 13.1. The number of alkyl halides is 1. The van der Waals surface area contributed by atoms with Crippen LogP contribution < -0.4 is 4.74 Å². The van der Waals surface area contributed by atoms with Crippen molar-refractivity contribution in [2.45, 2.75) is 37.9 Å². The van der Waals surface area contributed by atoms with Gasteiger partial charge in [-0.2, -0.15) is 0 Å². The molecular formula is C23H26FNO2. The van der Waals surface area contributed by atoms with Gasteiger partial charge < -0.3 is 4.74 Å². The van der Waals surface area contributed by atoms with E-state index in [0.717, 1.165) is 38.0 Å². The van der Waals surface area contributed by atoms with E-state index in [9.17, 15) is 4.79 Å². The molecule has 0 saturated carbocycles. The third-order valence-corrected chi connectivity index (χ3v) is 6.00. The molecule has 3 nitrogen and oxygen atoms in total. The van der Waals surface area contributed by atoms with Crippen LogP contribution in [0.3, 0.4) is 0 Å². The molecule has 1 unspecified atom stereocenters. The third-order valence-electron chi connectivity index (χ3n) is 6.00. The fraction of sp³-hybridized carbons (Fsp3) is 0.435. The van der Waals surface area contributed by atoms with E-state index in [0.29, 0.717) is 17.7 Å². The van der Waals surface area contributed by atoms with Crippen molar-refractivity contribution in [3.05, 3.63) is 65.2 Å². The summed E-state index contributed by atoms with van der Waals surface area (Å²) in [6.07, 6.45) is 2.42. The van der Waals surface area contributed by atoms with Crippen LogP contribution in [0.2, 0.25) is 0 Å². The molecular weight excluding hydrogens is 341 g/mol. The Morgan fingerprint density at radius 2 is 1.89 bits per heavy atom. The van der Waals surface area contributed by atoms with E-state index in [2.05, 4.69) is 29.2 Å². The summed E-state index contributed by atoms with van der Waals surface area (Å²) in [4.78, 5) is 15.1. The van der Waals surface area contributed by atoms with Crippen molar-refractivity contribution in [3.8, 4) is 5.75 Å². The van der Waals surface area contributed by atoms with Crippen LogP contribution in [0.25, 0.3) is 0 Å². The molecule has 0 amide bonds. The second-order valence-corrected chi connectivity index (χ2v) is 7.90. The van der Waals surface area contributed by atoms with Crippen LogP contribution in [-0.2, 0) is 13.0 Å². The smallest absolute Gasteiger partial charge is 0.200 e. The van der Waals surface area contributed by atoms with Gasteiger partial charge in [0.05, 0.1) is 7.11 Å². The Hall–Kier alpha value is -2.20. The number of hydrogen-bond donors (Lipinski definition) is 0. The fourth-order valence-corrected chi connectivity index (χ4v) is 4.50. The maximum Gasteiger partial charge on any atom is 0.200 e. The molecule has 4 heteroatoms. The standard InChI is InChI=1S/C23H26FNO2/c1-27-20-7-8-21-19(13-20)15-23(24,22(21)26)14-17-9-11-25(12-10-17)16-18-5-3-2-4-6-18/h2-8,13,17H,9-12,14-16H2,1H3. The van der Waals surface area contributed by atoms with Crippen molar-refractivity contribution < 1.29 is 13.9 Å². The van der Waals surface area contributed by atoms with Crippen LogP contribution in [0.15, 0.2) is 48.5 Å². The Morgan fingerprint density at radius 3 is 2.59 bits per heavy atom. The van der Waals surface area contributed by atoms with E-state index in [1.807, 2.05) is 6.07 Å². The molecule has 1 aliphatic heterocycles. The average molecular weight is 367 g/mol. The summed E-state index contributed by atoms with van der Waals surface area (Å²) >= 11 is 0. The van der Waals surface area contributed by atoms with E-state index >= 15 is 4.39 Å². The minimum Gasteiger partial charge on any atom is -0.497 e. The number of Topliss-reactive ketones (excluding diaryl/α,β-unsaturated/α-hetero) is 1. The number of halogens is 1. The zero-order valence-electron chi connectivity index (χ0n) is 15.8. The molecule has 0 spiro atoms. The van der Waals surface area contributed by atoms with Crippen molar-refractivity contribution in [3.63, 3.8) is 0 Å². The molecule has 2 aromatic carbocycles. The third kappa shape index (κ3) is 3.77. The van der Waals surface area contributed by atoms with Gasteiger partial charge in [-0.1, -0.05) is 30.3 Å². The highest BCUT2D eigenvalue weighted by Gasteiger charge is 2.47. The van der Waals surface area contributed by atoms with E-state index in [1.165, 1.54) is 5.56 Å². The van der Waals surface area contributed by atoms with Gasteiger partial charge in [0.15, 0.2) is 5.67 Å². The molecule has 1 atom stereocenters. The number of benzene rings is 2. The second-order valence-electron chi connectivity index (χ2n) is 7.90. The maximum atomic E-state index is 15.6. The van der Waals surface area contributed by atoms with E-state index in [-0.39, 0.29) is 18.1 Å². The topological polar surface area (TPSA) is 29.5 Å². The van der Waals surface area contributed by atoms with Crippen molar-refractivity contribution >= 4 is 5.78 Å². The number of carbonyl (C=O) groups excluding carboxylic acids is 1. The first-order valence-electron chi connectivity index (χ1n) is 9.74. The molecule has 0 aromatic heterocycles. The Bertz CT molecular complexity index is 814. The lowest BCUT2D eigenvalue weighted by molar-refractivity contribution is 0.0587. The molecule has 1 heterocycles. The normalized spacial score (nSPS) is 23.4. The summed E-state index contributed by atoms with van der Waals surface area (Å²) in [5.74, 6) is 0.606. The monoisotopic (exact) mass is 367 g/mol. The van der Waals surface area contributed by atoms with Crippen LogP contribution in [0.1, 0.15) is 40.7 Å². The lowest BCUT2D eigenvalue weighted by Gasteiger charge is -2.34. The molecule has 27 heavy (non-hydrogen) atoms. The van der Waals surface area contributed by atoms with E-state index in [1.54, 1.807) is 25.3 Å². The lowest BCUT2D eigenvalue weighted by atomic mass is 9.83. The molecule has 142 valence electrons. The van der Waals surface area contributed by atoms with Gasteiger partial charge in [-0.05, 0) is 67.6 Å². The molecule has 1 aliphatic carbocycles. The molecule has 0 bridgehead atoms. The van der Waals surface area contributed by atoms with Crippen molar-refractivity contribution in [1.82, 2.24) is 4.90 Å². The number of methoxy groups -OCH3 is 1. The predicted octanol–water partition coefficient (Wildman–Crippen LogP) is 4.44. The minimum absolute atomic E-state index is 0.183. The highest BCUT2D eigenvalue weighted by Crippen LogP contribution is 2.41. The number of likely N-dealkylation sites (tertiary alicyclic amines) is 1. The quantitative estimate of drug-likeness (QED) is 0.782. The Kier molecular flexibility index (Phi) is 5.00. The largest absolute Gasteiger partial charge is 0.497 e. The summed E-state index contributed by atoms with van der Waals surface area (Å²) in [6.45, 7) is 2.87. The van der Waals surface area contributed by atoms with Crippen LogP contribution in [0.4, 0.5) is 4.39 Å². The van der Waals surface area contributed by atoms with Gasteiger partial charge >= 0.3 is 0 Å². The molecule has 1 fully saturated rings. The van der Waals surface area contributed by atoms with E-state index in [4.69, 9.17) is 4.74 Å². The Morgan fingerprint density at radius 1 is 1.15 bits per heavy atom. The van der Waals surface area contributed by atoms with Crippen LogP contribution in [0.5, 0.6) is 5.75 Å². The Balaban J connectivity index is 1.35. The number of fused-ring (bicyclic) bond motifs is 1. The van der Waals surface area contributed by atoms with E-state index < -0.39 is 5.67 Å². The molecule has 4 rings (SSSR count). The van der Waals surface area contributed by atoms with Gasteiger partial charge in [-0.25, -0.2) is 4.39 Å². The summed E-state index contributed by atoms with van der Waals surface area (Å²) < 4.78 is 20.8. The minimum atomic E-state index is -1.75. The van der Waals surface area contributed by atoms with Crippen LogP contribution in [0, 0.1) is 5.92 Å². The van der Waals surface area contributed by atoms with Gasteiger partial charge in [0, 0.05) is 18.5 Å². The molecule has 0 radical (unpaired) electrons. The molecule has 1 saturated heterocycles. The molecule has 2 aliphatic rings. The van der Waals surface area contributed by atoms with Gasteiger partial charge in [0.25, 0.3) is 0 Å². The maximum absolute atomic E-state index is 15.6. The summed E-state index contributed by atoms with van der Waals surface area (Å²) in [6, 6.07) is 15.7. The number of ether oxygens (including phenoxy) is 1. The second kappa shape index (κ2) is 7.43. The zero-order valence-corrected chi connectivity index (χ0v) is 15.8. The predicted molar refractivity (Wildman–Crippen MR) is 104 cm³/mol. The Labute approximate surface area is 160 Å². The fourth-order valence-electron chi connectivity index (χ4n) is 4.50. The van der Waals surface area contributed by atoms with Gasteiger partial charge in [-0.3, -0.25) is 9.69 Å². The van der Waals surface area contributed by atoms with Gasteiger partial charge in [0.2, 0.25) is 5.78 Å². The highest BCUT2D eigenvalue weighted by atomic mass is 19.1. The summed E-state index contributed by atoms with van der Waals surface area (Å²) in [7, 11) is 1.59. The van der Waals surface area contributed by atoms with Crippen molar-refractivity contribution in [1.29, 1.82) is 0 Å². The molecule has 0 N–H and O–H groups in total. The average Bonchev–Trinajstić information content (AvgIpc) is 2.94. The lowest BCUT2D eigenvalue weighted by Crippen LogP contribution is -2.38. The number of carbonyl (C=O) groups is 1. The summed E-state index contributed by atoms with van der Waals surface area (Å²) in [5.41, 5.74) is 0.873. The van der Waals surface area contributed by atoms with Crippen molar-refractivity contribution in [2.75, 3.05) is 20.2 Å².